The van der Waals surface area contributed by atoms with Crippen molar-refractivity contribution in [1.82, 2.24) is 4.98 Å². The Hall–Kier alpha value is -2.70. The van der Waals surface area contributed by atoms with Gasteiger partial charge >= 0.3 is 5.97 Å². The Kier molecular flexibility index (Phi) is 7.78. The Balaban J connectivity index is 1.72. The summed E-state index contributed by atoms with van der Waals surface area (Å²) in [6, 6.07) is 11.7. The maximum atomic E-state index is 10.6. The first kappa shape index (κ1) is 21.0. The number of hydrogen-bond acceptors (Lipinski definition) is 5. The second kappa shape index (κ2) is 10.7. The Morgan fingerprint density at radius 2 is 2.14 bits per heavy atom. The number of carboxylic acids is 1. The van der Waals surface area contributed by atoms with Crippen molar-refractivity contribution in [3.05, 3.63) is 72.1 Å². The van der Waals surface area contributed by atoms with E-state index in [9.17, 15) is 4.79 Å². The Morgan fingerprint density at radius 1 is 1.28 bits per heavy atom. The normalized spacial score (nSPS) is 21.9. The molecule has 0 radical (unpaired) electrons. The molecule has 1 fully saturated rings. The van der Waals surface area contributed by atoms with E-state index in [1.165, 1.54) is 0 Å². The van der Waals surface area contributed by atoms with E-state index in [0.717, 1.165) is 29.7 Å². The summed E-state index contributed by atoms with van der Waals surface area (Å²) in [5.74, 6) is 0.153. The number of carboxylic acid groups (broad SMARTS) is 1. The third-order valence-corrected chi connectivity index (χ3v) is 4.93. The maximum absolute atomic E-state index is 10.6. The van der Waals surface area contributed by atoms with Crippen LogP contribution in [0.1, 0.15) is 49.2 Å². The van der Waals surface area contributed by atoms with Gasteiger partial charge in [-0.2, -0.15) is 0 Å². The topological polar surface area (TPSA) is 77.9 Å². The van der Waals surface area contributed by atoms with Crippen LogP contribution >= 0.6 is 0 Å². The van der Waals surface area contributed by atoms with Gasteiger partial charge in [-0.15, -0.1) is 0 Å². The van der Waals surface area contributed by atoms with Crippen LogP contribution < -0.4 is 4.74 Å². The smallest absolute Gasteiger partial charge is 0.303 e. The zero-order valence-electron chi connectivity index (χ0n) is 16.6. The highest BCUT2D eigenvalue weighted by Gasteiger charge is 2.34. The minimum absolute atomic E-state index is 0.120. The van der Waals surface area contributed by atoms with Crippen molar-refractivity contribution in [2.24, 2.45) is 5.92 Å². The van der Waals surface area contributed by atoms with E-state index in [-0.39, 0.29) is 18.4 Å². The molecule has 3 rings (SSSR count). The van der Waals surface area contributed by atoms with Crippen LogP contribution in [-0.4, -0.2) is 29.8 Å². The van der Waals surface area contributed by atoms with E-state index >= 15 is 0 Å². The molecule has 6 nitrogen and oxygen atoms in total. The van der Waals surface area contributed by atoms with Gasteiger partial charge in [-0.25, -0.2) is 0 Å². The van der Waals surface area contributed by atoms with Gasteiger partial charge in [-0.3, -0.25) is 9.78 Å². The van der Waals surface area contributed by atoms with E-state index in [1.54, 1.807) is 19.5 Å². The quantitative estimate of drug-likeness (QED) is 0.488. The van der Waals surface area contributed by atoms with E-state index in [4.69, 9.17) is 19.3 Å². The SMILES string of the molecule is COc1ccccc1C1OC(c2cccnc2)OCC1C/C=C\CCCC(=O)O. The van der Waals surface area contributed by atoms with E-state index < -0.39 is 12.3 Å². The van der Waals surface area contributed by atoms with Gasteiger partial charge in [0.05, 0.1) is 19.8 Å². The average molecular weight is 397 g/mol. The van der Waals surface area contributed by atoms with Gasteiger partial charge in [0.15, 0.2) is 6.29 Å². The molecule has 0 bridgehead atoms. The summed E-state index contributed by atoms with van der Waals surface area (Å²) in [5, 5.41) is 8.73. The number of aromatic nitrogens is 1. The van der Waals surface area contributed by atoms with Crippen LogP contribution in [0.5, 0.6) is 5.75 Å². The van der Waals surface area contributed by atoms with Crippen molar-refractivity contribution in [2.75, 3.05) is 13.7 Å². The molecule has 1 aliphatic heterocycles. The van der Waals surface area contributed by atoms with Crippen LogP contribution in [0.15, 0.2) is 60.9 Å². The fourth-order valence-electron chi connectivity index (χ4n) is 3.45. The van der Waals surface area contributed by atoms with Crippen LogP contribution in [0.4, 0.5) is 0 Å². The highest BCUT2D eigenvalue weighted by molar-refractivity contribution is 5.66. The third kappa shape index (κ3) is 5.89. The number of para-hydroxylation sites is 1. The highest BCUT2D eigenvalue weighted by Crippen LogP contribution is 2.42. The van der Waals surface area contributed by atoms with Gasteiger partial charge in [0.1, 0.15) is 5.75 Å². The van der Waals surface area contributed by atoms with Crippen molar-refractivity contribution in [2.45, 2.75) is 38.1 Å². The maximum Gasteiger partial charge on any atom is 0.303 e. The van der Waals surface area contributed by atoms with Crippen LogP contribution in [0.25, 0.3) is 0 Å². The van der Waals surface area contributed by atoms with Gasteiger partial charge in [0.2, 0.25) is 0 Å². The van der Waals surface area contributed by atoms with Crippen LogP contribution in [0.2, 0.25) is 0 Å². The molecule has 0 spiro atoms. The van der Waals surface area contributed by atoms with Crippen molar-refractivity contribution < 1.29 is 24.1 Å². The Bertz CT molecular complexity index is 808. The number of aliphatic carboxylic acids is 1. The first-order valence-corrected chi connectivity index (χ1v) is 9.85. The minimum atomic E-state index is -0.759. The lowest BCUT2D eigenvalue weighted by atomic mass is 9.91. The van der Waals surface area contributed by atoms with Crippen LogP contribution in [0, 0.1) is 5.92 Å². The molecule has 6 heteroatoms. The van der Waals surface area contributed by atoms with Gasteiger partial charge in [-0.1, -0.05) is 36.4 Å². The molecular formula is C23H27NO5. The molecule has 154 valence electrons. The predicted octanol–water partition coefficient (Wildman–Crippen LogP) is 4.69. The fourth-order valence-corrected chi connectivity index (χ4v) is 3.45. The van der Waals surface area contributed by atoms with Crippen molar-refractivity contribution >= 4 is 5.97 Å². The van der Waals surface area contributed by atoms with E-state index in [1.807, 2.05) is 42.5 Å². The highest BCUT2D eigenvalue weighted by atomic mass is 16.7. The van der Waals surface area contributed by atoms with E-state index in [0.29, 0.717) is 13.0 Å². The summed E-state index contributed by atoms with van der Waals surface area (Å²) < 4.78 is 17.9. The molecule has 1 aromatic heterocycles. The minimum Gasteiger partial charge on any atom is -0.496 e. The van der Waals surface area contributed by atoms with E-state index in [2.05, 4.69) is 11.1 Å². The summed E-state index contributed by atoms with van der Waals surface area (Å²) in [7, 11) is 1.66. The van der Waals surface area contributed by atoms with Gasteiger partial charge in [0.25, 0.3) is 0 Å². The lowest BCUT2D eigenvalue weighted by Crippen LogP contribution is -2.30. The lowest BCUT2D eigenvalue weighted by molar-refractivity contribution is -0.244. The molecule has 3 unspecified atom stereocenters. The summed E-state index contributed by atoms with van der Waals surface area (Å²) in [6.45, 7) is 0.543. The standard InChI is InChI=1S/C23H27NO5/c1-27-20-12-7-6-11-19(20)22-18(9-4-2-3-5-13-21(25)26)16-28-23(29-22)17-10-8-14-24-15-17/h2,4,6-8,10-12,14-15,18,22-23H,3,5,9,13,16H2,1H3,(H,25,26)/b4-2-. The average Bonchev–Trinajstić information content (AvgIpc) is 2.76. The Labute approximate surface area is 171 Å². The number of ether oxygens (including phenoxy) is 3. The van der Waals surface area contributed by atoms with Crippen LogP contribution in [-0.2, 0) is 14.3 Å². The molecule has 0 amide bonds. The summed E-state index contributed by atoms with van der Waals surface area (Å²) >= 11 is 0. The lowest BCUT2D eigenvalue weighted by Gasteiger charge is -2.37. The first-order valence-electron chi connectivity index (χ1n) is 9.85. The van der Waals surface area contributed by atoms with Gasteiger partial charge in [0, 0.05) is 35.9 Å². The number of hydrogen-bond donors (Lipinski definition) is 1. The molecule has 3 atom stereocenters. The van der Waals surface area contributed by atoms with Crippen molar-refractivity contribution in [3.8, 4) is 5.75 Å². The second-order valence-corrected chi connectivity index (χ2v) is 7.00. The number of methoxy groups -OCH3 is 1. The number of rotatable bonds is 9. The summed E-state index contributed by atoms with van der Waals surface area (Å²) in [6.07, 6.45) is 9.30. The molecule has 2 heterocycles. The second-order valence-electron chi connectivity index (χ2n) is 7.00. The number of nitrogens with zero attached hydrogens (tertiary/aromatic N) is 1. The molecular weight excluding hydrogens is 370 g/mol. The molecule has 0 saturated carbocycles. The van der Waals surface area contributed by atoms with Gasteiger partial charge < -0.3 is 19.3 Å². The molecule has 0 aliphatic carbocycles. The fraction of sp³-hybridized carbons (Fsp3) is 0.391. The number of allylic oxidation sites excluding steroid dienone is 2. The van der Waals surface area contributed by atoms with Gasteiger partial charge in [-0.05, 0) is 31.4 Å². The number of unbranched alkanes of at least 4 members (excludes halogenated alkanes) is 1. The first-order chi connectivity index (χ1) is 14.2. The molecule has 1 saturated heterocycles. The molecule has 1 aliphatic rings. The largest absolute Gasteiger partial charge is 0.496 e. The number of pyridine rings is 1. The number of benzene rings is 1. The Morgan fingerprint density at radius 3 is 2.90 bits per heavy atom. The summed E-state index contributed by atoms with van der Waals surface area (Å²) in [5.41, 5.74) is 1.88. The monoisotopic (exact) mass is 397 g/mol. The molecule has 2 aromatic rings. The molecule has 29 heavy (non-hydrogen) atoms. The number of carbonyl (C=O) groups is 1. The van der Waals surface area contributed by atoms with Crippen molar-refractivity contribution in [1.29, 1.82) is 0 Å². The van der Waals surface area contributed by atoms with Crippen LogP contribution in [0.3, 0.4) is 0 Å². The third-order valence-electron chi connectivity index (χ3n) is 4.93. The molecule has 1 aromatic carbocycles. The summed E-state index contributed by atoms with van der Waals surface area (Å²) in [4.78, 5) is 14.8. The zero-order chi connectivity index (χ0) is 20.5. The zero-order valence-corrected chi connectivity index (χ0v) is 16.6. The molecule has 1 N–H and O–H groups in total. The predicted molar refractivity (Wildman–Crippen MR) is 108 cm³/mol. The van der Waals surface area contributed by atoms with Crippen molar-refractivity contribution in [3.63, 3.8) is 0 Å².